The molecule has 1 unspecified atom stereocenters. The monoisotopic (exact) mass is 568 g/mol. The lowest BCUT2D eigenvalue weighted by Crippen LogP contribution is -2.49. The number of esters is 1. The highest BCUT2D eigenvalue weighted by atomic mass is 35.5. The molecule has 2 aromatic rings. The van der Waals surface area contributed by atoms with Crippen LogP contribution in [0.4, 0.5) is 0 Å². The number of carbonyl (C=O) groups excluding carboxylic acids is 3. The van der Waals surface area contributed by atoms with Gasteiger partial charge in [0.15, 0.2) is 0 Å². The predicted molar refractivity (Wildman–Crippen MR) is 158 cm³/mol. The number of halogens is 1. The molecule has 1 heterocycles. The predicted octanol–water partition coefficient (Wildman–Crippen LogP) is 6.06. The van der Waals surface area contributed by atoms with Crippen molar-refractivity contribution in [2.24, 2.45) is 5.92 Å². The van der Waals surface area contributed by atoms with E-state index in [4.69, 9.17) is 21.1 Å². The zero-order valence-corrected chi connectivity index (χ0v) is 24.4. The third-order valence-electron chi connectivity index (χ3n) is 7.31. The Morgan fingerprint density at radius 3 is 2.50 bits per heavy atom. The van der Waals surface area contributed by atoms with Crippen molar-refractivity contribution in [1.29, 1.82) is 0 Å². The number of methoxy groups -OCH3 is 1. The molecule has 2 N–H and O–H groups in total. The van der Waals surface area contributed by atoms with Crippen molar-refractivity contribution < 1.29 is 23.9 Å². The lowest BCUT2D eigenvalue weighted by atomic mass is 9.92. The van der Waals surface area contributed by atoms with E-state index in [1.165, 1.54) is 0 Å². The molecule has 0 radical (unpaired) electrons. The smallest absolute Gasteiger partial charge is 0.306 e. The maximum absolute atomic E-state index is 13.2. The number of amides is 2. The van der Waals surface area contributed by atoms with Gasteiger partial charge in [0.2, 0.25) is 11.8 Å². The highest BCUT2D eigenvalue weighted by Gasteiger charge is 2.29. The fourth-order valence-corrected chi connectivity index (χ4v) is 5.05. The van der Waals surface area contributed by atoms with E-state index in [-0.39, 0.29) is 42.1 Å². The summed E-state index contributed by atoms with van der Waals surface area (Å²) in [5, 5.41) is 6.34. The van der Waals surface area contributed by atoms with Gasteiger partial charge in [-0.05, 0) is 48.9 Å². The fraction of sp³-hybridized carbons (Fsp3) is 0.469. The van der Waals surface area contributed by atoms with E-state index in [1.54, 1.807) is 19.2 Å². The number of hydrogen-bond donors (Lipinski definition) is 2. The molecule has 0 bridgehead atoms. The average molecular weight is 569 g/mol. The molecular formula is C32H41ClN2O5. The Labute approximate surface area is 242 Å². The molecule has 216 valence electrons. The van der Waals surface area contributed by atoms with Crippen LogP contribution in [0.2, 0.25) is 5.02 Å². The van der Waals surface area contributed by atoms with Gasteiger partial charge >= 0.3 is 5.97 Å². The summed E-state index contributed by atoms with van der Waals surface area (Å²) in [5.41, 5.74) is 1.90. The molecule has 1 aliphatic heterocycles. The summed E-state index contributed by atoms with van der Waals surface area (Å²) in [6.07, 6.45) is 7.54. The van der Waals surface area contributed by atoms with Crippen LogP contribution in [0.1, 0.15) is 75.8 Å². The number of rotatable bonds is 6. The van der Waals surface area contributed by atoms with Crippen LogP contribution >= 0.6 is 11.6 Å². The number of carbonyl (C=O) groups is 3. The van der Waals surface area contributed by atoms with E-state index >= 15 is 0 Å². The van der Waals surface area contributed by atoms with E-state index in [2.05, 4.69) is 10.6 Å². The van der Waals surface area contributed by atoms with Crippen LogP contribution in [0.5, 0.6) is 5.75 Å². The summed E-state index contributed by atoms with van der Waals surface area (Å²) in [4.78, 5) is 38.8. The summed E-state index contributed by atoms with van der Waals surface area (Å²) >= 11 is 6.34. The third kappa shape index (κ3) is 9.70. The van der Waals surface area contributed by atoms with Gasteiger partial charge in [0.1, 0.15) is 17.9 Å². The molecule has 0 saturated carbocycles. The highest BCUT2D eigenvalue weighted by molar-refractivity contribution is 6.32. The second-order valence-corrected chi connectivity index (χ2v) is 10.8. The summed E-state index contributed by atoms with van der Waals surface area (Å²) in [6, 6.07) is 14.6. The Morgan fingerprint density at radius 2 is 1.77 bits per heavy atom. The average Bonchev–Trinajstić information content (AvgIpc) is 2.95. The first-order valence-corrected chi connectivity index (χ1v) is 14.5. The van der Waals surface area contributed by atoms with Crippen LogP contribution in [-0.4, -0.2) is 43.6 Å². The first kappa shape index (κ1) is 31.2. The lowest BCUT2D eigenvalue weighted by molar-refractivity contribution is -0.151. The molecule has 1 fully saturated rings. The van der Waals surface area contributed by atoms with Crippen LogP contribution < -0.4 is 15.4 Å². The van der Waals surface area contributed by atoms with E-state index in [9.17, 15) is 14.4 Å². The zero-order chi connectivity index (χ0) is 28.9. The van der Waals surface area contributed by atoms with Gasteiger partial charge in [-0.1, -0.05) is 80.4 Å². The summed E-state index contributed by atoms with van der Waals surface area (Å²) in [6.45, 7) is 4.38. The van der Waals surface area contributed by atoms with Crippen molar-refractivity contribution in [1.82, 2.24) is 10.6 Å². The molecule has 2 amide bonds. The van der Waals surface area contributed by atoms with Gasteiger partial charge in [0, 0.05) is 31.2 Å². The largest absolute Gasteiger partial charge is 0.495 e. The molecule has 1 aliphatic rings. The van der Waals surface area contributed by atoms with Crippen molar-refractivity contribution in [3.63, 3.8) is 0 Å². The standard InChI is InChI=1S/C32H41ClN2O5/c1-22(16-17-24-11-6-4-7-12-24)27-13-10-14-29(36)35-31(23(2)25-18-19-28(39-3)26(33)21-25)32(38)34-20-9-5-8-15-30(37)40-27/h4,6-7,11-12,16-19,21-23,27,31H,5,8-10,13-15,20H2,1-3H3,(H,34,38)(H,35,36)/b17-16+/t22-,23+,27+,31?/m1/s1. The van der Waals surface area contributed by atoms with Gasteiger partial charge in [-0.3, -0.25) is 14.4 Å². The normalized spacial score (nSPS) is 21.6. The number of hydrogen-bond acceptors (Lipinski definition) is 5. The van der Waals surface area contributed by atoms with Crippen molar-refractivity contribution >= 4 is 35.5 Å². The fourth-order valence-electron chi connectivity index (χ4n) is 4.79. The highest BCUT2D eigenvalue weighted by Crippen LogP contribution is 2.30. The number of nitrogens with one attached hydrogen (secondary N) is 2. The maximum Gasteiger partial charge on any atom is 0.306 e. The zero-order valence-electron chi connectivity index (χ0n) is 23.7. The van der Waals surface area contributed by atoms with Gasteiger partial charge in [0.25, 0.3) is 0 Å². The van der Waals surface area contributed by atoms with Crippen LogP contribution in [0.25, 0.3) is 6.08 Å². The van der Waals surface area contributed by atoms with Crippen molar-refractivity contribution in [3.8, 4) is 5.75 Å². The SMILES string of the molecule is COc1ccc([C@H](C)C2NC(=O)CCC[C@@H]([C@H](C)/C=C/c3ccccc3)OC(=O)CCCCCNC2=O)cc1Cl. The Morgan fingerprint density at radius 1 is 1.00 bits per heavy atom. The van der Waals surface area contributed by atoms with Gasteiger partial charge in [-0.25, -0.2) is 0 Å². The van der Waals surface area contributed by atoms with Crippen LogP contribution in [0.15, 0.2) is 54.6 Å². The second-order valence-electron chi connectivity index (χ2n) is 10.4. The van der Waals surface area contributed by atoms with Crippen LogP contribution in [-0.2, 0) is 19.1 Å². The molecule has 7 nitrogen and oxygen atoms in total. The molecule has 3 rings (SSSR count). The molecule has 1 saturated heterocycles. The maximum atomic E-state index is 13.2. The van der Waals surface area contributed by atoms with E-state index < -0.39 is 6.04 Å². The molecule has 2 aromatic carbocycles. The molecule has 0 aliphatic carbocycles. The molecular weight excluding hydrogens is 528 g/mol. The van der Waals surface area contributed by atoms with Crippen molar-refractivity contribution in [2.45, 2.75) is 76.9 Å². The molecule has 8 heteroatoms. The summed E-state index contributed by atoms with van der Waals surface area (Å²) in [7, 11) is 1.55. The Kier molecular flexibility index (Phi) is 12.5. The first-order valence-electron chi connectivity index (χ1n) is 14.1. The first-order chi connectivity index (χ1) is 19.3. The van der Waals surface area contributed by atoms with Gasteiger partial charge in [-0.15, -0.1) is 0 Å². The van der Waals surface area contributed by atoms with E-state index in [1.807, 2.05) is 62.4 Å². The Balaban J connectivity index is 1.72. The van der Waals surface area contributed by atoms with Crippen molar-refractivity contribution in [2.75, 3.05) is 13.7 Å². The third-order valence-corrected chi connectivity index (χ3v) is 7.61. The van der Waals surface area contributed by atoms with E-state index in [0.717, 1.165) is 24.0 Å². The van der Waals surface area contributed by atoms with Gasteiger partial charge in [0.05, 0.1) is 12.1 Å². The molecule has 4 atom stereocenters. The lowest BCUT2D eigenvalue weighted by Gasteiger charge is -2.26. The van der Waals surface area contributed by atoms with E-state index in [0.29, 0.717) is 43.0 Å². The number of cyclic esters (lactones) is 1. The number of benzene rings is 2. The van der Waals surface area contributed by atoms with Crippen LogP contribution in [0, 0.1) is 5.92 Å². The molecule has 0 spiro atoms. The Hall–Kier alpha value is -3.32. The second kappa shape index (κ2) is 16.1. The summed E-state index contributed by atoms with van der Waals surface area (Å²) < 4.78 is 11.1. The van der Waals surface area contributed by atoms with Crippen LogP contribution in [0.3, 0.4) is 0 Å². The molecule has 40 heavy (non-hydrogen) atoms. The quantitative estimate of drug-likeness (QED) is 0.413. The van der Waals surface area contributed by atoms with Crippen molar-refractivity contribution in [3.05, 3.63) is 70.8 Å². The topological polar surface area (TPSA) is 93.7 Å². The van der Waals surface area contributed by atoms with Gasteiger partial charge < -0.3 is 20.1 Å². The minimum atomic E-state index is -0.758. The van der Waals surface area contributed by atoms with Gasteiger partial charge in [-0.2, -0.15) is 0 Å². The number of ether oxygens (including phenoxy) is 2. The Bertz CT molecular complexity index is 1150. The minimum absolute atomic E-state index is 0.0236. The molecule has 0 aromatic heterocycles. The minimum Gasteiger partial charge on any atom is -0.495 e. The summed E-state index contributed by atoms with van der Waals surface area (Å²) in [5.74, 6) is -0.481.